The van der Waals surface area contributed by atoms with Crippen LogP contribution >= 0.6 is 0 Å². The molecule has 0 aromatic heterocycles. The maximum Gasteiger partial charge on any atom is 0.261 e. The van der Waals surface area contributed by atoms with E-state index in [2.05, 4.69) is 0 Å². The molecular weight excluding hydrogens is 168 g/mol. The molecule has 4 nitrogen and oxygen atoms in total. The van der Waals surface area contributed by atoms with Crippen LogP contribution in [0.5, 0.6) is 0 Å². The van der Waals surface area contributed by atoms with Crippen LogP contribution in [0.2, 0.25) is 0 Å². The molecule has 0 bridgehead atoms. The van der Waals surface area contributed by atoms with Gasteiger partial charge in [0.15, 0.2) is 0 Å². The summed E-state index contributed by atoms with van der Waals surface area (Å²) in [5, 5.41) is 11.0. The van der Waals surface area contributed by atoms with Crippen LogP contribution in [0.25, 0.3) is 0 Å². The summed E-state index contributed by atoms with van der Waals surface area (Å²) in [6.07, 6.45) is 8.70. The molecule has 0 aromatic carbocycles. The Morgan fingerprint density at radius 3 is 2.62 bits per heavy atom. The van der Waals surface area contributed by atoms with E-state index in [0.717, 1.165) is 12.8 Å². The summed E-state index contributed by atoms with van der Waals surface area (Å²) in [4.78, 5) is 10.8. The third-order valence-corrected chi connectivity index (χ3v) is 2.87. The zero-order chi connectivity index (χ0) is 9.47. The van der Waals surface area contributed by atoms with Gasteiger partial charge in [-0.25, -0.2) is 0 Å². The molecule has 0 amide bonds. The average Bonchev–Trinajstić information content (AvgIpc) is 2.88. The minimum atomic E-state index is -1.02. The molecule has 13 heavy (non-hydrogen) atoms. The Hall–Kier alpha value is -1.16. The van der Waals surface area contributed by atoms with Crippen molar-refractivity contribution in [1.29, 1.82) is 0 Å². The summed E-state index contributed by atoms with van der Waals surface area (Å²) in [5.74, 6) is 0.138. The second-order valence-corrected chi connectivity index (χ2v) is 3.69. The molecule has 0 aliphatic heterocycles. The van der Waals surface area contributed by atoms with Gasteiger partial charge in [-0.1, -0.05) is 18.2 Å². The van der Waals surface area contributed by atoms with E-state index < -0.39 is 11.6 Å². The van der Waals surface area contributed by atoms with Gasteiger partial charge in [0.25, 0.3) is 5.54 Å². The number of allylic oxidation sites excluding steroid dienone is 2. The van der Waals surface area contributed by atoms with Gasteiger partial charge in [-0.3, -0.25) is 10.1 Å². The Balaban J connectivity index is 2.36. The molecule has 2 aliphatic rings. The van der Waals surface area contributed by atoms with Gasteiger partial charge in [0.1, 0.15) is 0 Å². The Kier molecular flexibility index (Phi) is 1.73. The van der Waals surface area contributed by atoms with Crippen molar-refractivity contribution >= 4 is 0 Å². The van der Waals surface area contributed by atoms with Crippen LogP contribution in [-0.2, 0) is 0 Å². The lowest BCUT2D eigenvalue weighted by Gasteiger charge is -2.27. The fourth-order valence-corrected chi connectivity index (χ4v) is 1.94. The van der Waals surface area contributed by atoms with E-state index in [-0.39, 0.29) is 10.8 Å². The van der Waals surface area contributed by atoms with E-state index in [1.165, 1.54) is 0 Å². The first-order valence-corrected chi connectivity index (χ1v) is 4.44. The standard InChI is InChI=1S/C9H12N2O2/c10-8-3-1-2-6-9(8,11(12)13)7-4-5-7/h1-3,6-8H,4-5,10H2. The predicted molar refractivity (Wildman–Crippen MR) is 48.7 cm³/mol. The van der Waals surface area contributed by atoms with Crippen LogP contribution < -0.4 is 5.73 Å². The lowest BCUT2D eigenvalue weighted by atomic mass is 9.83. The van der Waals surface area contributed by atoms with Crippen LogP contribution in [0.15, 0.2) is 24.3 Å². The molecule has 0 spiro atoms. The van der Waals surface area contributed by atoms with Crippen molar-refractivity contribution in [3.63, 3.8) is 0 Å². The van der Waals surface area contributed by atoms with Gasteiger partial charge in [-0.15, -0.1) is 0 Å². The molecule has 70 valence electrons. The zero-order valence-electron chi connectivity index (χ0n) is 7.22. The molecule has 0 saturated heterocycles. The largest absolute Gasteiger partial charge is 0.318 e. The summed E-state index contributed by atoms with van der Waals surface area (Å²) in [5.41, 5.74) is 4.76. The number of nitro groups is 1. The van der Waals surface area contributed by atoms with Crippen LogP contribution in [0.1, 0.15) is 12.8 Å². The molecule has 0 radical (unpaired) electrons. The van der Waals surface area contributed by atoms with Gasteiger partial charge in [-0.05, 0) is 18.9 Å². The van der Waals surface area contributed by atoms with E-state index in [0.29, 0.717) is 0 Å². The summed E-state index contributed by atoms with van der Waals surface area (Å²) < 4.78 is 0. The molecule has 0 heterocycles. The highest BCUT2D eigenvalue weighted by molar-refractivity contribution is 5.27. The van der Waals surface area contributed by atoms with Crippen molar-refractivity contribution in [3.8, 4) is 0 Å². The van der Waals surface area contributed by atoms with E-state index in [4.69, 9.17) is 5.73 Å². The Morgan fingerprint density at radius 1 is 1.46 bits per heavy atom. The Labute approximate surface area is 76.3 Å². The lowest BCUT2D eigenvalue weighted by molar-refractivity contribution is -0.562. The van der Waals surface area contributed by atoms with Crippen molar-refractivity contribution in [2.24, 2.45) is 11.7 Å². The van der Waals surface area contributed by atoms with Crippen molar-refractivity contribution in [2.45, 2.75) is 24.4 Å². The summed E-state index contributed by atoms with van der Waals surface area (Å²) in [6.45, 7) is 0. The van der Waals surface area contributed by atoms with Crippen LogP contribution in [0, 0.1) is 16.0 Å². The van der Waals surface area contributed by atoms with Crippen molar-refractivity contribution in [3.05, 3.63) is 34.4 Å². The minimum Gasteiger partial charge on any atom is -0.318 e. The SMILES string of the molecule is NC1C=CC=CC1(C1CC1)[N+](=O)[O-]. The number of nitrogens with two attached hydrogens (primary N) is 1. The fourth-order valence-electron chi connectivity index (χ4n) is 1.94. The molecule has 2 atom stereocenters. The van der Waals surface area contributed by atoms with Crippen LogP contribution in [-0.4, -0.2) is 16.5 Å². The molecule has 2 unspecified atom stereocenters. The number of hydrogen-bond acceptors (Lipinski definition) is 3. The second kappa shape index (κ2) is 2.67. The Bertz CT molecular complexity index is 294. The third kappa shape index (κ3) is 1.09. The molecule has 1 fully saturated rings. The first kappa shape index (κ1) is 8.44. The first-order valence-electron chi connectivity index (χ1n) is 4.44. The first-order chi connectivity index (χ1) is 6.18. The quantitative estimate of drug-likeness (QED) is 0.506. The average molecular weight is 180 g/mol. The van der Waals surface area contributed by atoms with E-state index in [1.807, 2.05) is 0 Å². The number of nitrogens with zero attached hydrogens (tertiary/aromatic N) is 1. The van der Waals surface area contributed by atoms with Gasteiger partial charge in [0, 0.05) is 10.8 Å². The predicted octanol–water partition coefficient (Wildman–Crippen LogP) is 0.865. The minimum absolute atomic E-state index is 0.138. The highest BCUT2D eigenvalue weighted by atomic mass is 16.6. The van der Waals surface area contributed by atoms with Crippen molar-refractivity contribution in [2.75, 3.05) is 0 Å². The number of rotatable bonds is 2. The number of hydrogen-bond donors (Lipinski definition) is 1. The van der Waals surface area contributed by atoms with Crippen molar-refractivity contribution in [1.82, 2.24) is 0 Å². The highest BCUT2D eigenvalue weighted by Crippen LogP contribution is 2.45. The van der Waals surface area contributed by atoms with Gasteiger partial charge < -0.3 is 5.73 Å². The van der Waals surface area contributed by atoms with E-state index in [1.54, 1.807) is 24.3 Å². The van der Waals surface area contributed by atoms with Gasteiger partial charge in [0.2, 0.25) is 0 Å². The molecular formula is C9H12N2O2. The summed E-state index contributed by atoms with van der Waals surface area (Å²) in [7, 11) is 0. The monoisotopic (exact) mass is 180 g/mol. The molecule has 2 rings (SSSR count). The summed E-state index contributed by atoms with van der Waals surface area (Å²) in [6, 6.07) is -0.472. The smallest absolute Gasteiger partial charge is 0.261 e. The van der Waals surface area contributed by atoms with Crippen LogP contribution in [0.3, 0.4) is 0 Å². The molecule has 2 N–H and O–H groups in total. The normalized spacial score (nSPS) is 37.8. The fraction of sp³-hybridized carbons (Fsp3) is 0.556. The molecule has 2 aliphatic carbocycles. The third-order valence-electron chi connectivity index (χ3n) is 2.87. The topological polar surface area (TPSA) is 69.2 Å². The molecule has 4 heteroatoms. The van der Waals surface area contributed by atoms with Crippen LogP contribution in [0.4, 0.5) is 0 Å². The Morgan fingerprint density at radius 2 is 2.15 bits per heavy atom. The van der Waals surface area contributed by atoms with Gasteiger partial charge in [0.05, 0.1) is 6.04 Å². The van der Waals surface area contributed by atoms with E-state index >= 15 is 0 Å². The van der Waals surface area contributed by atoms with Gasteiger partial charge >= 0.3 is 0 Å². The maximum atomic E-state index is 11.0. The zero-order valence-corrected chi connectivity index (χ0v) is 7.22. The van der Waals surface area contributed by atoms with Gasteiger partial charge in [-0.2, -0.15) is 0 Å². The molecule has 1 saturated carbocycles. The highest BCUT2D eigenvalue weighted by Gasteiger charge is 2.57. The maximum absolute atomic E-state index is 11.0. The molecule has 0 aromatic rings. The second-order valence-electron chi connectivity index (χ2n) is 3.69. The van der Waals surface area contributed by atoms with E-state index in [9.17, 15) is 10.1 Å². The van der Waals surface area contributed by atoms with Crippen molar-refractivity contribution < 1.29 is 4.92 Å². The lowest BCUT2D eigenvalue weighted by Crippen LogP contribution is -2.54. The summed E-state index contributed by atoms with van der Waals surface area (Å²) >= 11 is 0.